The van der Waals surface area contributed by atoms with E-state index in [9.17, 15) is 4.79 Å². The van der Waals surface area contributed by atoms with E-state index < -0.39 is 0 Å². The molecule has 1 saturated heterocycles. The monoisotopic (exact) mass is 320 g/mol. The molecule has 0 aliphatic carbocycles. The Labute approximate surface area is 141 Å². The largest absolute Gasteiger partial charge is 0.355 e. The number of carbonyl (C=O) groups excluding carboxylic acids is 1. The lowest BCUT2D eigenvalue weighted by molar-refractivity contribution is 0.0697. The van der Waals surface area contributed by atoms with E-state index in [-0.39, 0.29) is 5.91 Å². The zero-order valence-corrected chi connectivity index (χ0v) is 13.7. The molecule has 1 amide bonds. The van der Waals surface area contributed by atoms with Crippen molar-refractivity contribution in [3.8, 4) is 11.3 Å². The molecule has 0 unspecified atom stereocenters. The number of hydrogen-bond acceptors (Lipinski definition) is 3. The van der Waals surface area contributed by atoms with Crippen LogP contribution in [-0.4, -0.2) is 29.1 Å². The van der Waals surface area contributed by atoms with Crippen LogP contribution in [0.1, 0.15) is 30.1 Å². The van der Waals surface area contributed by atoms with E-state index in [2.05, 4.69) is 12.1 Å². The van der Waals surface area contributed by atoms with Crippen LogP contribution in [0.5, 0.6) is 0 Å². The maximum atomic E-state index is 12.8. The molecule has 1 aliphatic rings. The molecule has 4 heteroatoms. The summed E-state index contributed by atoms with van der Waals surface area (Å²) < 4.78 is 5.52. The normalized spacial score (nSPS) is 15.8. The van der Waals surface area contributed by atoms with E-state index in [4.69, 9.17) is 4.52 Å². The average Bonchev–Trinajstić information content (AvgIpc) is 3.05. The Balaban J connectivity index is 1.69. The van der Waals surface area contributed by atoms with Gasteiger partial charge in [0.15, 0.2) is 5.76 Å². The molecule has 0 atom stereocenters. The molecule has 122 valence electrons. The van der Waals surface area contributed by atoms with E-state index in [0.29, 0.717) is 17.2 Å². The summed E-state index contributed by atoms with van der Waals surface area (Å²) >= 11 is 0. The third-order valence-corrected chi connectivity index (χ3v) is 4.83. The minimum atomic E-state index is 0.101. The predicted molar refractivity (Wildman–Crippen MR) is 93.7 cm³/mol. The minimum Gasteiger partial charge on any atom is -0.355 e. The topological polar surface area (TPSA) is 46.3 Å². The van der Waals surface area contributed by atoms with E-state index in [1.807, 2.05) is 53.4 Å². The smallest absolute Gasteiger partial charge is 0.253 e. The fourth-order valence-corrected chi connectivity index (χ4v) is 3.27. The Morgan fingerprint density at radius 1 is 1.12 bits per heavy atom. The van der Waals surface area contributed by atoms with Gasteiger partial charge in [-0.05, 0) is 37.0 Å². The first-order valence-electron chi connectivity index (χ1n) is 8.46. The Morgan fingerprint density at radius 2 is 1.88 bits per heavy atom. The van der Waals surface area contributed by atoms with E-state index in [1.165, 1.54) is 0 Å². The lowest BCUT2D eigenvalue weighted by Gasteiger charge is -2.30. The number of fused-ring (bicyclic) bond motifs is 1. The summed E-state index contributed by atoms with van der Waals surface area (Å²) in [7, 11) is 0. The fraction of sp³-hybridized carbons (Fsp3) is 0.300. The van der Waals surface area contributed by atoms with Crippen LogP contribution in [0.15, 0.2) is 53.1 Å². The molecule has 0 bridgehead atoms. The first-order chi connectivity index (χ1) is 11.7. The molecule has 3 aromatic rings. The highest BCUT2D eigenvalue weighted by molar-refractivity contribution is 6.01. The number of hydrogen-bond donors (Lipinski definition) is 0. The summed E-state index contributed by atoms with van der Waals surface area (Å²) in [4.78, 5) is 14.7. The number of nitrogens with zero attached hydrogens (tertiary/aromatic N) is 2. The van der Waals surface area contributed by atoms with Gasteiger partial charge in [0, 0.05) is 24.2 Å². The second-order valence-electron chi connectivity index (χ2n) is 6.58. The van der Waals surface area contributed by atoms with Crippen molar-refractivity contribution in [3.63, 3.8) is 0 Å². The van der Waals surface area contributed by atoms with Crippen molar-refractivity contribution in [3.05, 3.63) is 54.1 Å². The number of benzene rings is 2. The molecule has 0 spiro atoms. The van der Waals surface area contributed by atoms with Crippen LogP contribution in [0.2, 0.25) is 0 Å². The number of likely N-dealkylation sites (tertiary alicyclic amines) is 1. The van der Waals surface area contributed by atoms with Gasteiger partial charge in [-0.15, -0.1) is 0 Å². The van der Waals surface area contributed by atoms with Gasteiger partial charge in [-0.3, -0.25) is 4.79 Å². The van der Waals surface area contributed by atoms with E-state index >= 15 is 0 Å². The van der Waals surface area contributed by atoms with Gasteiger partial charge in [0.1, 0.15) is 5.52 Å². The van der Waals surface area contributed by atoms with Crippen LogP contribution in [0.25, 0.3) is 22.2 Å². The van der Waals surface area contributed by atoms with Crippen LogP contribution < -0.4 is 0 Å². The van der Waals surface area contributed by atoms with Crippen molar-refractivity contribution in [2.75, 3.05) is 13.1 Å². The molecule has 0 saturated carbocycles. The van der Waals surface area contributed by atoms with Crippen LogP contribution in [-0.2, 0) is 0 Å². The van der Waals surface area contributed by atoms with Crippen LogP contribution >= 0.6 is 0 Å². The number of rotatable bonds is 2. The van der Waals surface area contributed by atoms with Gasteiger partial charge >= 0.3 is 0 Å². The fourth-order valence-electron chi connectivity index (χ4n) is 3.27. The van der Waals surface area contributed by atoms with Gasteiger partial charge in [0.25, 0.3) is 5.91 Å². The third-order valence-electron chi connectivity index (χ3n) is 4.83. The van der Waals surface area contributed by atoms with Crippen molar-refractivity contribution >= 4 is 16.8 Å². The quantitative estimate of drug-likeness (QED) is 0.704. The Bertz CT molecular complexity index is 862. The van der Waals surface area contributed by atoms with Gasteiger partial charge < -0.3 is 9.42 Å². The van der Waals surface area contributed by atoms with Gasteiger partial charge in [-0.25, -0.2) is 0 Å². The standard InChI is InChI=1S/C20H20N2O2/c1-14-9-11-22(12-10-14)20(23)16-7-8-18-17(13-16)19(24-21-18)15-5-3-2-4-6-15/h2-8,13-14H,9-12H2,1H3. The Hall–Kier alpha value is -2.62. The summed E-state index contributed by atoms with van der Waals surface area (Å²) in [6.45, 7) is 3.93. The highest BCUT2D eigenvalue weighted by Crippen LogP contribution is 2.29. The molecule has 1 fully saturated rings. The molecular weight excluding hydrogens is 300 g/mol. The molecular formula is C20H20N2O2. The first-order valence-corrected chi connectivity index (χ1v) is 8.46. The van der Waals surface area contributed by atoms with Crippen molar-refractivity contribution in [2.24, 2.45) is 5.92 Å². The predicted octanol–water partition coefficient (Wildman–Crippen LogP) is 4.37. The van der Waals surface area contributed by atoms with Crippen molar-refractivity contribution in [2.45, 2.75) is 19.8 Å². The van der Waals surface area contributed by atoms with E-state index in [0.717, 1.165) is 42.4 Å². The molecule has 1 aliphatic heterocycles. The summed E-state index contributed by atoms with van der Waals surface area (Å²) in [6, 6.07) is 15.5. The van der Waals surface area contributed by atoms with Crippen molar-refractivity contribution in [1.82, 2.24) is 10.1 Å². The van der Waals surface area contributed by atoms with Crippen molar-refractivity contribution < 1.29 is 9.32 Å². The van der Waals surface area contributed by atoms with Gasteiger partial charge in [-0.2, -0.15) is 0 Å². The summed E-state index contributed by atoms with van der Waals surface area (Å²) in [6.07, 6.45) is 2.16. The minimum absolute atomic E-state index is 0.101. The molecule has 4 rings (SSSR count). The highest BCUT2D eigenvalue weighted by atomic mass is 16.5. The lowest BCUT2D eigenvalue weighted by atomic mass is 9.98. The van der Waals surface area contributed by atoms with Gasteiger partial charge in [0.05, 0.1) is 5.39 Å². The summed E-state index contributed by atoms with van der Waals surface area (Å²) in [5.41, 5.74) is 2.45. The first kappa shape index (κ1) is 14.9. The highest BCUT2D eigenvalue weighted by Gasteiger charge is 2.22. The zero-order valence-electron chi connectivity index (χ0n) is 13.7. The van der Waals surface area contributed by atoms with Crippen molar-refractivity contribution in [1.29, 1.82) is 0 Å². The maximum Gasteiger partial charge on any atom is 0.253 e. The number of piperidine rings is 1. The van der Waals surface area contributed by atoms with Gasteiger partial charge in [-0.1, -0.05) is 42.4 Å². The summed E-state index contributed by atoms with van der Waals surface area (Å²) in [5, 5.41) is 5.00. The summed E-state index contributed by atoms with van der Waals surface area (Å²) in [5.74, 6) is 1.52. The Morgan fingerprint density at radius 3 is 2.62 bits per heavy atom. The lowest BCUT2D eigenvalue weighted by Crippen LogP contribution is -2.37. The molecule has 24 heavy (non-hydrogen) atoms. The van der Waals surface area contributed by atoms with Crippen LogP contribution in [0, 0.1) is 5.92 Å². The maximum absolute atomic E-state index is 12.8. The van der Waals surface area contributed by atoms with E-state index in [1.54, 1.807) is 0 Å². The number of aromatic nitrogens is 1. The molecule has 1 aromatic heterocycles. The third kappa shape index (κ3) is 2.68. The molecule has 0 radical (unpaired) electrons. The van der Waals surface area contributed by atoms with Crippen LogP contribution in [0.4, 0.5) is 0 Å². The molecule has 2 heterocycles. The molecule has 0 N–H and O–H groups in total. The number of amides is 1. The average molecular weight is 320 g/mol. The van der Waals surface area contributed by atoms with Crippen LogP contribution in [0.3, 0.4) is 0 Å². The number of carbonyl (C=O) groups is 1. The SMILES string of the molecule is CC1CCN(C(=O)c2ccc3noc(-c4ccccc4)c3c2)CC1. The second kappa shape index (κ2) is 6.11. The molecule has 2 aromatic carbocycles. The Kier molecular flexibility index (Phi) is 3.81. The zero-order chi connectivity index (χ0) is 16.5. The second-order valence-corrected chi connectivity index (χ2v) is 6.58. The molecule has 4 nitrogen and oxygen atoms in total. The van der Waals surface area contributed by atoms with Gasteiger partial charge in [0.2, 0.25) is 0 Å².